The van der Waals surface area contributed by atoms with Crippen molar-refractivity contribution in [1.82, 2.24) is 9.97 Å². The minimum atomic E-state index is 0.0603. The van der Waals surface area contributed by atoms with Gasteiger partial charge in [-0.1, -0.05) is 13.8 Å². The summed E-state index contributed by atoms with van der Waals surface area (Å²) in [5, 5.41) is 3.27. The topological polar surface area (TPSA) is 41.1 Å². The number of rotatable bonds is 5. The minimum absolute atomic E-state index is 0.0603. The lowest BCUT2D eigenvalue weighted by atomic mass is 9.97. The van der Waals surface area contributed by atoms with Crippen molar-refractivity contribution in [3.05, 3.63) is 12.3 Å². The van der Waals surface area contributed by atoms with Gasteiger partial charge in [0.25, 0.3) is 0 Å². The van der Waals surface area contributed by atoms with E-state index >= 15 is 0 Å². The number of alkyl halides is 1. The molecular formula is C11H19ClN4. The smallest absolute Gasteiger partial charge is 0.226 e. The van der Waals surface area contributed by atoms with Crippen LogP contribution in [-0.4, -0.2) is 36.5 Å². The highest BCUT2D eigenvalue weighted by Gasteiger charge is 2.16. The molecule has 0 amide bonds. The summed E-state index contributed by atoms with van der Waals surface area (Å²) in [6, 6.07) is 1.86. The highest BCUT2D eigenvalue weighted by Crippen LogP contribution is 2.18. The van der Waals surface area contributed by atoms with Crippen molar-refractivity contribution in [1.29, 1.82) is 0 Å². The van der Waals surface area contributed by atoms with Gasteiger partial charge in [-0.2, -0.15) is 4.98 Å². The van der Waals surface area contributed by atoms with Crippen molar-refractivity contribution in [2.45, 2.75) is 13.8 Å². The summed E-state index contributed by atoms with van der Waals surface area (Å²) < 4.78 is 0. The van der Waals surface area contributed by atoms with Gasteiger partial charge in [0.15, 0.2) is 0 Å². The van der Waals surface area contributed by atoms with Crippen LogP contribution < -0.4 is 10.2 Å². The summed E-state index contributed by atoms with van der Waals surface area (Å²) in [6.45, 7) is 5.02. The van der Waals surface area contributed by atoms with Crippen LogP contribution >= 0.6 is 11.6 Å². The first-order chi connectivity index (χ1) is 7.44. The average molecular weight is 243 g/mol. The third-order valence-electron chi connectivity index (χ3n) is 2.15. The number of nitrogens with one attached hydrogen (secondary N) is 1. The minimum Gasteiger partial charge on any atom is -0.369 e. The molecule has 0 radical (unpaired) electrons. The van der Waals surface area contributed by atoms with Crippen LogP contribution in [0.3, 0.4) is 0 Å². The number of aromatic nitrogens is 2. The van der Waals surface area contributed by atoms with E-state index in [1.165, 1.54) is 0 Å². The van der Waals surface area contributed by atoms with Gasteiger partial charge in [-0.05, 0) is 11.5 Å². The molecule has 1 N–H and O–H groups in total. The van der Waals surface area contributed by atoms with E-state index in [4.69, 9.17) is 11.6 Å². The predicted molar refractivity (Wildman–Crippen MR) is 69.3 cm³/mol. The van der Waals surface area contributed by atoms with Gasteiger partial charge < -0.3 is 10.2 Å². The first-order valence-electron chi connectivity index (χ1n) is 5.25. The van der Waals surface area contributed by atoms with E-state index in [2.05, 4.69) is 29.1 Å². The van der Waals surface area contributed by atoms with Crippen LogP contribution in [0.5, 0.6) is 0 Å². The lowest BCUT2D eigenvalue weighted by molar-refractivity contribution is 0.449. The van der Waals surface area contributed by atoms with E-state index in [9.17, 15) is 0 Å². The van der Waals surface area contributed by atoms with E-state index in [0.29, 0.717) is 11.8 Å². The van der Waals surface area contributed by atoms with Crippen LogP contribution in [0, 0.1) is 5.41 Å². The Bertz CT molecular complexity index is 339. The summed E-state index contributed by atoms with van der Waals surface area (Å²) in [7, 11) is 3.84. The highest BCUT2D eigenvalue weighted by molar-refractivity contribution is 6.18. The molecule has 0 saturated heterocycles. The second-order valence-corrected chi connectivity index (χ2v) is 5.05. The maximum absolute atomic E-state index is 5.86. The summed E-state index contributed by atoms with van der Waals surface area (Å²) in [4.78, 5) is 10.4. The van der Waals surface area contributed by atoms with Crippen LogP contribution in [0.4, 0.5) is 11.8 Å². The Hall–Kier alpha value is -1.03. The van der Waals surface area contributed by atoms with Crippen LogP contribution in [0.25, 0.3) is 0 Å². The van der Waals surface area contributed by atoms with Crippen LogP contribution in [-0.2, 0) is 0 Å². The van der Waals surface area contributed by atoms with Crippen LogP contribution in [0.1, 0.15) is 13.8 Å². The lowest BCUT2D eigenvalue weighted by Crippen LogP contribution is -2.25. The number of halogens is 1. The van der Waals surface area contributed by atoms with Crippen molar-refractivity contribution >= 4 is 23.4 Å². The van der Waals surface area contributed by atoms with Crippen LogP contribution in [0.15, 0.2) is 12.3 Å². The molecule has 0 atom stereocenters. The third kappa shape index (κ3) is 3.85. The van der Waals surface area contributed by atoms with Crippen molar-refractivity contribution < 1.29 is 0 Å². The molecule has 16 heavy (non-hydrogen) atoms. The van der Waals surface area contributed by atoms with E-state index in [1.54, 1.807) is 6.20 Å². The maximum Gasteiger partial charge on any atom is 0.226 e. The van der Waals surface area contributed by atoms with Gasteiger partial charge >= 0.3 is 0 Å². The zero-order chi connectivity index (χ0) is 12.2. The molecule has 5 heteroatoms. The summed E-state index contributed by atoms with van der Waals surface area (Å²) in [5.41, 5.74) is 0.0603. The van der Waals surface area contributed by atoms with Crippen molar-refractivity contribution in [3.63, 3.8) is 0 Å². The molecule has 90 valence electrons. The Morgan fingerprint density at radius 2 is 2.12 bits per heavy atom. The molecule has 0 aromatic carbocycles. The zero-order valence-corrected chi connectivity index (χ0v) is 11.0. The van der Waals surface area contributed by atoms with Gasteiger partial charge in [-0.15, -0.1) is 11.6 Å². The van der Waals surface area contributed by atoms with Gasteiger partial charge in [0.1, 0.15) is 5.82 Å². The zero-order valence-electron chi connectivity index (χ0n) is 10.3. The average Bonchev–Trinajstić information content (AvgIpc) is 2.27. The SMILES string of the molecule is CN(C)c1nccc(NCC(C)(C)CCl)n1. The molecule has 0 saturated carbocycles. The molecule has 1 aromatic heterocycles. The Labute approximate surface area is 102 Å². The lowest BCUT2D eigenvalue weighted by Gasteiger charge is -2.22. The summed E-state index contributed by atoms with van der Waals surface area (Å²) in [6.07, 6.45) is 1.75. The predicted octanol–water partition coefficient (Wildman–Crippen LogP) is 2.22. The summed E-state index contributed by atoms with van der Waals surface area (Å²) >= 11 is 5.86. The molecular weight excluding hydrogens is 224 g/mol. The standard InChI is InChI=1S/C11H19ClN4/c1-11(2,7-12)8-14-9-5-6-13-10(15-9)16(3)4/h5-6H,7-8H2,1-4H3,(H,13,14,15). The maximum atomic E-state index is 5.86. The number of nitrogens with zero attached hydrogens (tertiary/aromatic N) is 3. The molecule has 1 aromatic rings. The molecule has 4 nitrogen and oxygen atoms in total. The molecule has 0 aliphatic heterocycles. The number of anilines is 2. The van der Waals surface area contributed by atoms with E-state index in [0.717, 1.165) is 12.4 Å². The normalized spacial score (nSPS) is 11.3. The van der Waals surface area contributed by atoms with Crippen molar-refractivity contribution in [3.8, 4) is 0 Å². The monoisotopic (exact) mass is 242 g/mol. The second kappa shape index (κ2) is 5.34. The Morgan fingerprint density at radius 1 is 1.44 bits per heavy atom. The number of hydrogen-bond acceptors (Lipinski definition) is 4. The van der Waals surface area contributed by atoms with E-state index in [-0.39, 0.29) is 5.41 Å². The van der Waals surface area contributed by atoms with Gasteiger partial charge in [0, 0.05) is 32.7 Å². The van der Waals surface area contributed by atoms with Crippen molar-refractivity contribution in [2.24, 2.45) is 5.41 Å². The first-order valence-corrected chi connectivity index (χ1v) is 5.78. The van der Waals surface area contributed by atoms with Gasteiger partial charge in [0.05, 0.1) is 0 Å². The van der Waals surface area contributed by atoms with Crippen LogP contribution in [0.2, 0.25) is 0 Å². The van der Waals surface area contributed by atoms with Gasteiger partial charge in [0.2, 0.25) is 5.95 Å². The quantitative estimate of drug-likeness (QED) is 0.804. The molecule has 1 rings (SSSR count). The fourth-order valence-electron chi connectivity index (χ4n) is 1.04. The van der Waals surface area contributed by atoms with E-state index in [1.807, 2.05) is 25.1 Å². The molecule has 0 aliphatic rings. The fourth-order valence-corrected chi connectivity index (χ4v) is 1.13. The Morgan fingerprint density at radius 3 is 2.69 bits per heavy atom. The Kier molecular flexibility index (Phi) is 4.35. The first kappa shape index (κ1) is 13.0. The molecule has 0 unspecified atom stereocenters. The largest absolute Gasteiger partial charge is 0.369 e. The van der Waals surface area contributed by atoms with Crippen molar-refractivity contribution in [2.75, 3.05) is 36.7 Å². The number of hydrogen-bond donors (Lipinski definition) is 1. The molecule has 0 aliphatic carbocycles. The highest BCUT2D eigenvalue weighted by atomic mass is 35.5. The molecule has 1 heterocycles. The molecule has 0 fully saturated rings. The third-order valence-corrected chi connectivity index (χ3v) is 2.88. The molecule has 0 bridgehead atoms. The van der Waals surface area contributed by atoms with E-state index < -0.39 is 0 Å². The van der Waals surface area contributed by atoms with Gasteiger partial charge in [-0.3, -0.25) is 0 Å². The Balaban J connectivity index is 2.64. The molecule has 0 spiro atoms. The fraction of sp³-hybridized carbons (Fsp3) is 0.636. The van der Waals surface area contributed by atoms with Gasteiger partial charge in [-0.25, -0.2) is 4.98 Å². The summed E-state index contributed by atoms with van der Waals surface area (Å²) in [5.74, 6) is 2.15. The second-order valence-electron chi connectivity index (χ2n) is 4.79.